The Labute approximate surface area is 99.3 Å². The second-order valence-corrected chi connectivity index (χ2v) is 4.84. The molecule has 0 amide bonds. The van der Waals surface area contributed by atoms with Crippen molar-refractivity contribution in [2.45, 2.75) is 24.3 Å². The van der Waals surface area contributed by atoms with Crippen LogP contribution in [0, 0.1) is 0 Å². The van der Waals surface area contributed by atoms with Crippen LogP contribution in [0.1, 0.15) is 25.0 Å². The lowest BCUT2D eigenvalue weighted by Gasteiger charge is -2.08. The fourth-order valence-electron chi connectivity index (χ4n) is 1.14. The van der Waals surface area contributed by atoms with E-state index in [1.54, 1.807) is 24.8 Å². The van der Waals surface area contributed by atoms with Crippen molar-refractivity contribution >= 4 is 23.4 Å². The fraction of sp³-hybridized carbons (Fsp3) is 0.455. The van der Waals surface area contributed by atoms with Crippen LogP contribution >= 0.6 is 23.4 Å². The van der Waals surface area contributed by atoms with Gasteiger partial charge in [-0.1, -0.05) is 17.7 Å². The summed E-state index contributed by atoms with van der Waals surface area (Å²) in [6.45, 7) is 1.92. The predicted molar refractivity (Wildman–Crippen MR) is 64.5 cm³/mol. The molecule has 0 aliphatic rings. The molecule has 0 radical (unpaired) electrons. The molecule has 0 aromatic heterocycles. The van der Waals surface area contributed by atoms with Crippen molar-refractivity contribution in [2.24, 2.45) is 0 Å². The summed E-state index contributed by atoms with van der Waals surface area (Å²) in [7, 11) is 0. The van der Waals surface area contributed by atoms with E-state index in [4.69, 9.17) is 16.7 Å². The Hall–Kier alpha value is -0.220. The van der Waals surface area contributed by atoms with Crippen LogP contribution in [0.25, 0.3) is 0 Å². The van der Waals surface area contributed by atoms with Gasteiger partial charge in [-0.3, -0.25) is 0 Å². The summed E-state index contributed by atoms with van der Waals surface area (Å²) in [5.41, 5.74) is 0.825. The van der Waals surface area contributed by atoms with Gasteiger partial charge < -0.3 is 10.2 Å². The first-order valence-corrected chi connectivity index (χ1v) is 6.22. The van der Waals surface area contributed by atoms with E-state index >= 15 is 0 Å². The van der Waals surface area contributed by atoms with E-state index < -0.39 is 6.10 Å². The summed E-state index contributed by atoms with van der Waals surface area (Å²) >= 11 is 7.68. The second-order valence-electron chi connectivity index (χ2n) is 3.29. The second kappa shape index (κ2) is 6.38. The van der Waals surface area contributed by atoms with Gasteiger partial charge in [-0.2, -0.15) is 0 Å². The minimum atomic E-state index is -0.487. The van der Waals surface area contributed by atoms with E-state index in [0.717, 1.165) is 22.6 Å². The molecule has 0 saturated carbocycles. The first kappa shape index (κ1) is 12.8. The zero-order valence-corrected chi connectivity index (χ0v) is 10.2. The van der Waals surface area contributed by atoms with Crippen LogP contribution in [0.5, 0.6) is 0 Å². The van der Waals surface area contributed by atoms with Gasteiger partial charge in [0.15, 0.2) is 0 Å². The summed E-state index contributed by atoms with van der Waals surface area (Å²) in [6, 6.07) is 5.57. The van der Waals surface area contributed by atoms with Crippen molar-refractivity contribution in [3.05, 3.63) is 28.8 Å². The molecule has 0 fully saturated rings. The maximum Gasteiger partial charge on any atom is 0.0762 e. The Morgan fingerprint density at radius 3 is 2.73 bits per heavy atom. The molecule has 0 aliphatic heterocycles. The average molecular weight is 247 g/mol. The van der Waals surface area contributed by atoms with E-state index in [-0.39, 0.29) is 6.61 Å². The molecular weight excluding hydrogens is 232 g/mol. The molecule has 1 atom stereocenters. The van der Waals surface area contributed by atoms with Gasteiger partial charge >= 0.3 is 0 Å². The summed E-state index contributed by atoms with van der Waals surface area (Å²) in [6.07, 6.45) is 0.276. The predicted octanol–water partition coefficient (Wildman–Crippen LogP) is 2.87. The maximum atomic E-state index is 9.35. The Kier molecular flexibility index (Phi) is 5.47. The van der Waals surface area contributed by atoms with Crippen LogP contribution in [0.4, 0.5) is 0 Å². The third kappa shape index (κ3) is 4.03. The number of hydrogen-bond donors (Lipinski definition) is 2. The molecule has 0 aliphatic carbocycles. The minimum absolute atomic E-state index is 0.205. The largest absolute Gasteiger partial charge is 0.396 e. The fourth-order valence-corrected chi connectivity index (χ4v) is 2.35. The average Bonchev–Trinajstić information content (AvgIpc) is 2.20. The number of benzene rings is 1. The van der Waals surface area contributed by atoms with Gasteiger partial charge in [0, 0.05) is 17.3 Å². The Morgan fingerprint density at radius 2 is 2.20 bits per heavy atom. The Morgan fingerprint density at radius 1 is 1.47 bits per heavy atom. The lowest BCUT2D eigenvalue weighted by Crippen LogP contribution is -1.91. The number of hydrogen-bond acceptors (Lipinski definition) is 3. The number of halogens is 1. The lowest BCUT2D eigenvalue weighted by molar-refractivity contribution is 0.199. The van der Waals surface area contributed by atoms with E-state index in [0.29, 0.717) is 5.02 Å². The highest BCUT2D eigenvalue weighted by Crippen LogP contribution is 2.29. The summed E-state index contributed by atoms with van der Waals surface area (Å²) in [4.78, 5) is 0.995. The normalized spacial score (nSPS) is 12.8. The number of aliphatic hydroxyl groups excluding tert-OH is 2. The van der Waals surface area contributed by atoms with Gasteiger partial charge in [0.2, 0.25) is 0 Å². The molecule has 0 spiro atoms. The van der Waals surface area contributed by atoms with Gasteiger partial charge in [-0.05, 0) is 31.0 Å². The van der Waals surface area contributed by atoms with Gasteiger partial charge in [-0.15, -0.1) is 11.8 Å². The first-order valence-electron chi connectivity index (χ1n) is 4.86. The highest BCUT2D eigenvalue weighted by Gasteiger charge is 2.05. The minimum Gasteiger partial charge on any atom is -0.396 e. The van der Waals surface area contributed by atoms with Crippen molar-refractivity contribution < 1.29 is 10.2 Å². The van der Waals surface area contributed by atoms with Crippen LogP contribution < -0.4 is 0 Å². The van der Waals surface area contributed by atoms with E-state index in [9.17, 15) is 5.11 Å². The van der Waals surface area contributed by atoms with Gasteiger partial charge in [-0.25, -0.2) is 0 Å². The monoisotopic (exact) mass is 246 g/mol. The molecule has 15 heavy (non-hydrogen) atoms. The van der Waals surface area contributed by atoms with Crippen LogP contribution in [-0.2, 0) is 0 Å². The number of aliphatic hydroxyl groups is 2. The highest BCUT2D eigenvalue weighted by molar-refractivity contribution is 7.99. The molecule has 0 bridgehead atoms. The van der Waals surface area contributed by atoms with Crippen molar-refractivity contribution in [2.75, 3.05) is 12.4 Å². The summed E-state index contributed by atoms with van der Waals surface area (Å²) in [5, 5.41) is 18.7. The molecule has 0 saturated heterocycles. The van der Waals surface area contributed by atoms with Gasteiger partial charge in [0.25, 0.3) is 0 Å². The smallest absolute Gasteiger partial charge is 0.0762 e. The Balaban J connectivity index is 2.66. The SMILES string of the molecule is C[C@H](O)c1ccc(SCCCO)c(Cl)c1. The molecule has 1 aromatic carbocycles. The summed E-state index contributed by atoms with van der Waals surface area (Å²) < 4.78 is 0. The van der Waals surface area contributed by atoms with E-state index in [1.165, 1.54) is 0 Å². The molecule has 84 valence electrons. The first-order chi connectivity index (χ1) is 7.15. The molecule has 2 nitrogen and oxygen atoms in total. The molecule has 1 aromatic rings. The number of thioether (sulfide) groups is 1. The highest BCUT2D eigenvalue weighted by atomic mass is 35.5. The topological polar surface area (TPSA) is 40.5 Å². The van der Waals surface area contributed by atoms with Gasteiger partial charge in [0.05, 0.1) is 11.1 Å². The quantitative estimate of drug-likeness (QED) is 0.620. The molecule has 0 heterocycles. The summed E-state index contributed by atoms with van der Waals surface area (Å²) in [5.74, 6) is 0.851. The maximum absolute atomic E-state index is 9.35. The standard InChI is InChI=1S/C11H15ClO2S/c1-8(14)9-3-4-11(10(12)7-9)15-6-2-5-13/h3-4,7-8,13-14H,2,5-6H2,1H3/t8-/m0/s1. The zero-order chi connectivity index (χ0) is 11.3. The van der Waals surface area contributed by atoms with Crippen molar-refractivity contribution in [3.8, 4) is 0 Å². The van der Waals surface area contributed by atoms with Crippen LogP contribution in [0.2, 0.25) is 5.02 Å². The number of rotatable bonds is 5. The zero-order valence-electron chi connectivity index (χ0n) is 8.61. The van der Waals surface area contributed by atoms with Crippen molar-refractivity contribution in [1.29, 1.82) is 0 Å². The van der Waals surface area contributed by atoms with Crippen molar-refractivity contribution in [1.82, 2.24) is 0 Å². The molecule has 4 heteroatoms. The molecule has 0 unspecified atom stereocenters. The lowest BCUT2D eigenvalue weighted by atomic mass is 10.1. The molecule has 1 rings (SSSR count). The molecular formula is C11H15ClO2S. The Bertz CT molecular complexity index is 315. The third-order valence-electron chi connectivity index (χ3n) is 2.00. The van der Waals surface area contributed by atoms with Crippen molar-refractivity contribution in [3.63, 3.8) is 0 Å². The van der Waals surface area contributed by atoms with Crippen LogP contribution in [0.3, 0.4) is 0 Å². The van der Waals surface area contributed by atoms with Crippen LogP contribution in [0.15, 0.2) is 23.1 Å². The molecule has 2 N–H and O–H groups in total. The van der Waals surface area contributed by atoms with E-state index in [1.807, 2.05) is 12.1 Å². The van der Waals surface area contributed by atoms with Gasteiger partial charge in [0.1, 0.15) is 0 Å². The van der Waals surface area contributed by atoms with E-state index in [2.05, 4.69) is 0 Å². The van der Waals surface area contributed by atoms with Crippen LogP contribution in [-0.4, -0.2) is 22.6 Å². The third-order valence-corrected chi connectivity index (χ3v) is 3.58.